The van der Waals surface area contributed by atoms with Gasteiger partial charge in [0.25, 0.3) is 0 Å². The van der Waals surface area contributed by atoms with E-state index in [0.29, 0.717) is 0 Å². The molecule has 0 fully saturated rings. The molecular weight excluding hydrogens is 256 g/mol. The summed E-state index contributed by atoms with van der Waals surface area (Å²) in [6.45, 7) is 10.8. The van der Waals surface area contributed by atoms with E-state index >= 15 is 0 Å². The smallest absolute Gasteiger partial charge is 0.0426 e. The lowest BCUT2D eigenvalue weighted by Crippen LogP contribution is -2.27. The van der Waals surface area contributed by atoms with E-state index < -0.39 is 0 Å². The van der Waals surface area contributed by atoms with Gasteiger partial charge >= 0.3 is 0 Å². The first-order chi connectivity index (χ1) is 9.22. The molecule has 0 bridgehead atoms. The Labute approximate surface area is 123 Å². The number of nitrogens with one attached hydrogen (secondary N) is 1. The second-order valence-corrected chi connectivity index (χ2v) is 5.37. The molecule has 0 amide bonds. The van der Waals surface area contributed by atoms with Crippen LogP contribution in [0.2, 0.25) is 5.02 Å². The van der Waals surface area contributed by atoms with Crippen molar-refractivity contribution < 1.29 is 0 Å². The zero-order chi connectivity index (χ0) is 14.1. The van der Waals surface area contributed by atoms with Gasteiger partial charge in [-0.3, -0.25) is 0 Å². The first-order valence-electron chi connectivity index (χ1n) is 7.47. The van der Waals surface area contributed by atoms with Gasteiger partial charge < -0.3 is 10.2 Å². The average molecular weight is 283 g/mol. The Bertz CT molecular complexity index is 360. The zero-order valence-electron chi connectivity index (χ0n) is 12.5. The predicted octanol–water partition coefficient (Wildman–Crippen LogP) is 4.47. The molecule has 19 heavy (non-hydrogen) atoms. The van der Waals surface area contributed by atoms with Crippen molar-refractivity contribution >= 4 is 17.3 Å². The maximum absolute atomic E-state index is 6.18. The fourth-order valence-corrected chi connectivity index (χ4v) is 2.44. The molecule has 3 heteroatoms. The molecule has 0 aromatic heterocycles. The molecule has 2 nitrogen and oxygen atoms in total. The van der Waals surface area contributed by atoms with Crippen LogP contribution in [0.3, 0.4) is 0 Å². The number of nitrogens with zero attached hydrogens (tertiary/aromatic N) is 1. The monoisotopic (exact) mass is 282 g/mol. The van der Waals surface area contributed by atoms with Gasteiger partial charge in [0.15, 0.2) is 0 Å². The van der Waals surface area contributed by atoms with Gasteiger partial charge in [-0.25, -0.2) is 0 Å². The lowest BCUT2D eigenvalue weighted by Gasteiger charge is -2.27. The van der Waals surface area contributed by atoms with E-state index in [0.717, 1.165) is 50.5 Å². The molecule has 1 aromatic carbocycles. The van der Waals surface area contributed by atoms with E-state index in [-0.39, 0.29) is 0 Å². The summed E-state index contributed by atoms with van der Waals surface area (Å²) in [7, 11) is 0. The highest BCUT2D eigenvalue weighted by Crippen LogP contribution is 2.25. The van der Waals surface area contributed by atoms with Crippen molar-refractivity contribution in [2.24, 2.45) is 0 Å². The molecule has 0 aliphatic rings. The molecule has 0 saturated carbocycles. The summed E-state index contributed by atoms with van der Waals surface area (Å²) < 4.78 is 0. The van der Waals surface area contributed by atoms with Crippen LogP contribution in [-0.2, 0) is 6.54 Å². The Hall–Kier alpha value is -0.730. The summed E-state index contributed by atoms with van der Waals surface area (Å²) in [6, 6.07) is 6.25. The Kier molecular flexibility index (Phi) is 7.92. The highest BCUT2D eigenvalue weighted by Gasteiger charge is 2.10. The lowest BCUT2D eigenvalue weighted by atomic mass is 10.1. The first kappa shape index (κ1) is 16.3. The van der Waals surface area contributed by atoms with Crippen molar-refractivity contribution in [1.82, 2.24) is 5.32 Å². The summed E-state index contributed by atoms with van der Waals surface area (Å²) in [6.07, 6.45) is 3.49. The fraction of sp³-hybridized carbons (Fsp3) is 0.625. The fourth-order valence-electron chi connectivity index (χ4n) is 2.27. The Morgan fingerprint density at radius 3 is 2.32 bits per heavy atom. The van der Waals surface area contributed by atoms with Crippen LogP contribution in [0.25, 0.3) is 0 Å². The highest BCUT2D eigenvalue weighted by atomic mass is 35.5. The SMILES string of the molecule is CCCNCc1ccc(Cl)cc1N(CCC)CCC. The van der Waals surface area contributed by atoms with E-state index in [1.165, 1.54) is 11.3 Å². The van der Waals surface area contributed by atoms with Crippen LogP contribution in [0.4, 0.5) is 5.69 Å². The van der Waals surface area contributed by atoms with E-state index in [1.54, 1.807) is 0 Å². The number of anilines is 1. The minimum Gasteiger partial charge on any atom is -0.371 e. The summed E-state index contributed by atoms with van der Waals surface area (Å²) in [5, 5.41) is 4.31. The van der Waals surface area contributed by atoms with Crippen LogP contribution in [0.1, 0.15) is 45.6 Å². The van der Waals surface area contributed by atoms with Gasteiger partial charge in [-0.1, -0.05) is 38.4 Å². The number of benzene rings is 1. The van der Waals surface area contributed by atoms with Crippen LogP contribution >= 0.6 is 11.6 Å². The van der Waals surface area contributed by atoms with Gasteiger partial charge in [-0.15, -0.1) is 0 Å². The Morgan fingerprint density at radius 2 is 1.74 bits per heavy atom. The van der Waals surface area contributed by atoms with Gasteiger partial charge in [0.1, 0.15) is 0 Å². The molecule has 0 unspecified atom stereocenters. The molecule has 0 spiro atoms. The molecule has 1 aromatic rings. The summed E-state index contributed by atoms with van der Waals surface area (Å²) >= 11 is 6.18. The predicted molar refractivity (Wildman–Crippen MR) is 86.2 cm³/mol. The van der Waals surface area contributed by atoms with E-state index in [2.05, 4.69) is 43.1 Å². The second-order valence-electron chi connectivity index (χ2n) is 4.94. The molecule has 0 aliphatic carbocycles. The van der Waals surface area contributed by atoms with Crippen molar-refractivity contribution in [3.05, 3.63) is 28.8 Å². The number of rotatable bonds is 9. The van der Waals surface area contributed by atoms with Crippen molar-refractivity contribution in [2.45, 2.75) is 46.6 Å². The maximum atomic E-state index is 6.18. The topological polar surface area (TPSA) is 15.3 Å². The molecule has 1 rings (SSSR count). The third kappa shape index (κ3) is 5.42. The molecular formula is C16H27ClN2. The maximum Gasteiger partial charge on any atom is 0.0426 e. The van der Waals surface area contributed by atoms with Crippen LogP contribution in [-0.4, -0.2) is 19.6 Å². The molecule has 108 valence electrons. The zero-order valence-corrected chi connectivity index (χ0v) is 13.3. The number of hydrogen-bond acceptors (Lipinski definition) is 2. The van der Waals surface area contributed by atoms with Gasteiger partial charge in [-0.2, -0.15) is 0 Å². The molecule has 0 heterocycles. The van der Waals surface area contributed by atoms with E-state index in [1.807, 2.05) is 6.07 Å². The Morgan fingerprint density at radius 1 is 1.05 bits per heavy atom. The van der Waals surface area contributed by atoms with Gasteiger partial charge in [0.2, 0.25) is 0 Å². The van der Waals surface area contributed by atoms with Crippen molar-refractivity contribution in [1.29, 1.82) is 0 Å². The van der Waals surface area contributed by atoms with Crippen molar-refractivity contribution in [2.75, 3.05) is 24.5 Å². The molecule has 1 N–H and O–H groups in total. The molecule has 0 radical (unpaired) electrons. The van der Waals surface area contributed by atoms with Crippen LogP contribution in [0.5, 0.6) is 0 Å². The Balaban J connectivity index is 2.89. The van der Waals surface area contributed by atoms with Crippen molar-refractivity contribution in [3.63, 3.8) is 0 Å². The summed E-state index contributed by atoms with van der Waals surface area (Å²) in [5.41, 5.74) is 2.64. The number of hydrogen-bond donors (Lipinski definition) is 1. The number of halogens is 1. The largest absolute Gasteiger partial charge is 0.371 e. The minimum atomic E-state index is 0.825. The summed E-state index contributed by atoms with van der Waals surface area (Å²) in [4.78, 5) is 2.45. The molecule has 0 aliphatic heterocycles. The molecule has 0 saturated heterocycles. The quantitative estimate of drug-likeness (QED) is 0.673. The minimum absolute atomic E-state index is 0.825. The standard InChI is InChI=1S/C16H27ClN2/c1-4-9-18-13-14-7-8-15(17)12-16(14)19(10-5-2)11-6-3/h7-8,12,18H,4-6,9-11,13H2,1-3H3. The van der Waals surface area contributed by atoms with Crippen LogP contribution in [0, 0.1) is 0 Å². The molecule has 0 atom stereocenters. The highest BCUT2D eigenvalue weighted by molar-refractivity contribution is 6.30. The van der Waals surface area contributed by atoms with Gasteiger partial charge in [-0.05, 0) is 43.5 Å². The third-order valence-corrected chi connectivity index (χ3v) is 3.35. The van der Waals surface area contributed by atoms with E-state index in [4.69, 9.17) is 11.6 Å². The first-order valence-corrected chi connectivity index (χ1v) is 7.84. The average Bonchev–Trinajstić information content (AvgIpc) is 2.40. The third-order valence-electron chi connectivity index (χ3n) is 3.12. The van der Waals surface area contributed by atoms with Gasteiger partial charge in [0, 0.05) is 30.3 Å². The van der Waals surface area contributed by atoms with Crippen LogP contribution < -0.4 is 10.2 Å². The van der Waals surface area contributed by atoms with Crippen LogP contribution in [0.15, 0.2) is 18.2 Å². The summed E-state index contributed by atoms with van der Waals surface area (Å²) in [5.74, 6) is 0. The van der Waals surface area contributed by atoms with E-state index in [9.17, 15) is 0 Å². The normalized spacial score (nSPS) is 10.7. The lowest BCUT2D eigenvalue weighted by molar-refractivity contribution is 0.669. The van der Waals surface area contributed by atoms with Crippen molar-refractivity contribution in [3.8, 4) is 0 Å². The van der Waals surface area contributed by atoms with Gasteiger partial charge in [0.05, 0.1) is 0 Å². The second kappa shape index (κ2) is 9.22.